The molecule has 0 aliphatic heterocycles. The molecule has 0 amide bonds. The molecule has 0 N–H and O–H groups in total. The van der Waals surface area contributed by atoms with Crippen LogP contribution in [0.15, 0.2) is 23.6 Å². The first-order chi connectivity index (χ1) is 4.47. The van der Waals surface area contributed by atoms with Crippen molar-refractivity contribution in [2.75, 3.05) is 0 Å². The summed E-state index contributed by atoms with van der Waals surface area (Å²) >= 11 is 1.70. The molecule has 1 heteroatoms. The monoisotopic (exact) mass is 132 g/mol. The van der Waals surface area contributed by atoms with E-state index >= 15 is 0 Å². The molecule has 0 nitrogen and oxygen atoms in total. The van der Waals surface area contributed by atoms with Gasteiger partial charge in [-0.15, -0.1) is 11.3 Å². The minimum absolute atomic E-state index is 1.17. The van der Waals surface area contributed by atoms with Gasteiger partial charge in [0, 0.05) is 16.2 Å². The van der Waals surface area contributed by atoms with Gasteiger partial charge in [-0.1, -0.05) is 12.1 Å². The Labute approximate surface area is 57.8 Å². The summed E-state index contributed by atoms with van der Waals surface area (Å²) in [5.74, 6) is 0. The van der Waals surface area contributed by atoms with Crippen LogP contribution in [0.25, 0.3) is 10.1 Å². The lowest BCUT2D eigenvalue weighted by atomic mass is 10.3. The zero-order valence-corrected chi connectivity index (χ0v) is 5.53. The van der Waals surface area contributed by atoms with E-state index in [-0.39, 0.29) is 0 Å². The summed E-state index contributed by atoms with van der Waals surface area (Å²) in [4.78, 5) is 0. The number of fused-ring (bicyclic) bond motifs is 1. The van der Waals surface area contributed by atoms with Gasteiger partial charge < -0.3 is 0 Å². The van der Waals surface area contributed by atoms with E-state index in [0.717, 1.165) is 0 Å². The number of thiophene rings is 1. The summed E-state index contributed by atoms with van der Waals surface area (Å²) in [5.41, 5.74) is 0. The van der Waals surface area contributed by atoms with Crippen molar-refractivity contribution >= 4 is 21.4 Å². The Morgan fingerprint density at radius 2 is 2.11 bits per heavy atom. The Hall–Kier alpha value is -0.820. The van der Waals surface area contributed by atoms with Gasteiger partial charge in [0.05, 0.1) is 0 Å². The van der Waals surface area contributed by atoms with E-state index < -0.39 is 0 Å². The standard InChI is InChI=1S/C8H4S/c1-2-4-8-7(3-1)5-6-9-8/h1-2,5-6H. The zero-order valence-electron chi connectivity index (χ0n) is 4.72. The Bertz CT molecular complexity index is 279. The van der Waals surface area contributed by atoms with Crippen molar-refractivity contribution in [3.63, 3.8) is 0 Å². The second kappa shape index (κ2) is 1.85. The predicted octanol–water partition coefficient (Wildman–Crippen LogP) is 2.50. The first-order valence-corrected chi connectivity index (χ1v) is 3.60. The lowest BCUT2D eigenvalue weighted by Crippen LogP contribution is -1.58. The molecule has 0 fully saturated rings. The van der Waals surface area contributed by atoms with E-state index in [4.69, 9.17) is 0 Å². The fraction of sp³-hybridized carbons (Fsp3) is 0. The molecule has 0 aliphatic rings. The Morgan fingerprint density at radius 3 is 3.00 bits per heavy atom. The Morgan fingerprint density at radius 1 is 1.22 bits per heavy atom. The Balaban J connectivity index is 2.95. The topological polar surface area (TPSA) is 0 Å². The highest BCUT2D eigenvalue weighted by molar-refractivity contribution is 7.17. The van der Waals surface area contributed by atoms with Crippen molar-refractivity contribution in [3.05, 3.63) is 35.7 Å². The largest absolute Gasteiger partial charge is 0.143 e. The zero-order chi connectivity index (χ0) is 6.10. The summed E-state index contributed by atoms with van der Waals surface area (Å²) in [5, 5.41) is 3.22. The SMILES string of the molecule is [c]1cc[c]c2sccc12. The van der Waals surface area contributed by atoms with Gasteiger partial charge in [-0.2, -0.15) is 0 Å². The summed E-state index contributed by atoms with van der Waals surface area (Å²) in [6.45, 7) is 0. The fourth-order valence-electron chi connectivity index (χ4n) is 0.784. The quantitative estimate of drug-likeness (QED) is 0.516. The summed E-state index contributed by atoms with van der Waals surface area (Å²) in [7, 11) is 0. The van der Waals surface area contributed by atoms with E-state index in [2.05, 4.69) is 23.6 Å². The van der Waals surface area contributed by atoms with Gasteiger partial charge in [0.25, 0.3) is 0 Å². The molecule has 2 aromatic rings. The average Bonchev–Trinajstić information content (AvgIpc) is 2.33. The molecule has 0 spiro atoms. The van der Waals surface area contributed by atoms with Crippen LogP contribution in [0.2, 0.25) is 0 Å². The second-order valence-electron chi connectivity index (χ2n) is 1.79. The lowest BCUT2D eigenvalue weighted by molar-refractivity contribution is 1.82. The molecule has 1 aromatic carbocycles. The molecule has 0 bridgehead atoms. The van der Waals surface area contributed by atoms with Crippen LogP contribution >= 0.6 is 11.3 Å². The molecule has 2 radical (unpaired) electrons. The average molecular weight is 132 g/mol. The van der Waals surface area contributed by atoms with Crippen molar-refractivity contribution in [2.45, 2.75) is 0 Å². The molecule has 0 unspecified atom stereocenters. The highest BCUT2D eigenvalue weighted by Crippen LogP contribution is 2.17. The molecular weight excluding hydrogens is 128 g/mol. The van der Waals surface area contributed by atoms with Gasteiger partial charge in [-0.05, 0) is 17.5 Å². The van der Waals surface area contributed by atoms with Crippen LogP contribution in [0.1, 0.15) is 0 Å². The Kier molecular flexibility index (Phi) is 1.03. The van der Waals surface area contributed by atoms with Gasteiger partial charge in [0.15, 0.2) is 0 Å². The molecule has 42 valence electrons. The van der Waals surface area contributed by atoms with Crippen LogP contribution in [-0.4, -0.2) is 0 Å². The first kappa shape index (κ1) is 5.00. The van der Waals surface area contributed by atoms with Crippen LogP contribution in [-0.2, 0) is 0 Å². The summed E-state index contributed by atoms with van der Waals surface area (Å²) in [6.07, 6.45) is 0. The third kappa shape index (κ3) is 0.736. The van der Waals surface area contributed by atoms with Crippen LogP contribution in [0.4, 0.5) is 0 Å². The maximum Gasteiger partial charge on any atom is 0.0427 e. The molecule has 2 rings (SSSR count). The van der Waals surface area contributed by atoms with Gasteiger partial charge in [0.2, 0.25) is 0 Å². The normalized spacial score (nSPS) is 10.2. The molecule has 0 aliphatic carbocycles. The minimum atomic E-state index is 1.17. The number of rotatable bonds is 0. The van der Waals surface area contributed by atoms with Crippen LogP contribution in [0.5, 0.6) is 0 Å². The fourth-order valence-corrected chi connectivity index (χ4v) is 1.51. The highest BCUT2D eigenvalue weighted by Gasteiger charge is 1.89. The first-order valence-electron chi connectivity index (χ1n) is 2.72. The van der Waals surface area contributed by atoms with E-state index in [9.17, 15) is 0 Å². The highest BCUT2D eigenvalue weighted by atomic mass is 32.1. The van der Waals surface area contributed by atoms with Crippen molar-refractivity contribution < 1.29 is 0 Å². The van der Waals surface area contributed by atoms with Crippen LogP contribution in [0, 0.1) is 12.1 Å². The minimum Gasteiger partial charge on any atom is -0.143 e. The van der Waals surface area contributed by atoms with Crippen molar-refractivity contribution in [3.8, 4) is 0 Å². The van der Waals surface area contributed by atoms with E-state index in [1.54, 1.807) is 11.3 Å². The number of hydrogen-bond donors (Lipinski definition) is 0. The molecular formula is C8H4S. The van der Waals surface area contributed by atoms with Crippen molar-refractivity contribution in [1.82, 2.24) is 0 Å². The predicted molar refractivity (Wildman–Crippen MR) is 39.5 cm³/mol. The molecule has 9 heavy (non-hydrogen) atoms. The number of benzene rings is 1. The third-order valence-electron chi connectivity index (χ3n) is 1.20. The van der Waals surface area contributed by atoms with Crippen molar-refractivity contribution in [1.29, 1.82) is 0 Å². The maximum absolute atomic E-state index is 3.12. The van der Waals surface area contributed by atoms with Crippen molar-refractivity contribution in [2.24, 2.45) is 0 Å². The van der Waals surface area contributed by atoms with Gasteiger partial charge in [-0.3, -0.25) is 0 Å². The number of hydrogen-bond acceptors (Lipinski definition) is 1. The lowest BCUT2D eigenvalue weighted by Gasteiger charge is -1.80. The second-order valence-corrected chi connectivity index (χ2v) is 2.70. The van der Waals surface area contributed by atoms with E-state index in [1.807, 2.05) is 12.1 Å². The third-order valence-corrected chi connectivity index (χ3v) is 2.05. The van der Waals surface area contributed by atoms with Gasteiger partial charge in [-0.25, -0.2) is 0 Å². The van der Waals surface area contributed by atoms with E-state index in [0.29, 0.717) is 0 Å². The van der Waals surface area contributed by atoms with Gasteiger partial charge in [0.1, 0.15) is 0 Å². The smallest absolute Gasteiger partial charge is 0.0427 e. The molecule has 0 saturated heterocycles. The summed E-state index contributed by atoms with van der Waals surface area (Å²) in [6, 6.07) is 12.1. The molecule has 1 heterocycles. The van der Waals surface area contributed by atoms with Crippen LogP contribution < -0.4 is 0 Å². The van der Waals surface area contributed by atoms with E-state index in [1.165, 1.54) is 10.1 Å². The molecule has 0 saturated carbocycles. The van der Waals surface area contributed by atoms with Gasteiger partial charge >= 0.3 is 0 Å². The molecule has 1 aromatic heterocycles. The molecule has 0 atom stereocenters. The van der Waals surface area contributed by atoms with Crippen LogP contribution in [0.3, 0.4) is 0 Å². The maximum atomic E-state index is 3.12. The summed E-state index contributed by atoms with van der Waals surface area (Å²) < 4.78 is 1.19.